The van der Waals surface area contributed by atoms with Crippen molar-refractivity contribution in [3.05, 3.63) is 17.6 Å². The number of nitrogens with zero attached hydrogens (tertiary/aromatic N) is 4. The van der Waals surface area contributed by atoms with E-state index in [0.29, 0.717) is 5.82 Å². The topological polar surface area (TPSA) is 58.3 Å². The minimum absolute atomic E-state index is 0.585. The molecule has 0 saturated carbocycles. The molecular formula is C16H27N5. The van der Waals surface area contributed by atoms with Gasteiger partial charge in [0.1, 0.15) is 11.6 Å². The van der Waals surface area contributed by atoms with E-state index in [9.17, 15) is 0 Å². The molecule has 2 aliphatic heterocycles. The van der Waals surface area contributed by atoms with Gasteiger partial charge in [-0.3, -0.25) is 4.90 Å². The normalized spacial score (nSPS) is 22.0. The Kier molecular flexibility index (Phi) is 4.70. The largest absolute Gasteiger partial charge is 0.384 e. The number of piperidine rings is 1. The summed E-state index contributed by atoms with van der Waals surface area (Å²) in [6.45, 7) is 9.08. The van der Waals surface area contributed by atoms with E-state index in [1.165, 1.54) is 45.3 Å². The van der Waals surface area contributed by atoms with E-state index >= 15 is 0 Å². The molecule has 116 valence electrons. The van der Waals surface area contributed by atoms with Crippen LogP contribution in [0.4, 0.5) is 5.82 Å². The third kappa shape index (κ3) is 4.14. The number of aromatic nitrogens is 2. The van der Waals surface area contributed by atoms with Crippen LogP contribution >= 0.6 is 0 Å². The summed E-state index contributed by atoms with van der Waals surface area (Å²) < 4.78 is 0. The molecule has 21 heavy (non-hydrogen) atoms. The van der Waals surface area contributed by atoms with E-state index in [4.69, 9.17) is 5.73 Å². The molecule has 0 aromatic carbocycles. The van der Waals surface area contributed by atoms with E-state index in [2.05, 4.69) is 19.8 Å². The monoisotopic (exact) mass is 289 g/mol. The molecular weight excluding hydrogens is 262 g/mol. The number of anilines is 1. The molecule has 0 amide bonds. The van der Waals surface area contributed by atoms with Crippen LogP contribution in [0.5, 0.6) is 0 Å². The van der Waals surface area contributed by atoms with Crippen LogP contribution in [0.15, 0.2) is 6.07 Å². The highest BCUT2D eigenvalue weighted by molar-refractivity contribution is 5.29. The van der Waals surface area contributed by atoms with Crippen LogP contribution in [0.2, 0.25) is 0 Å². The van der Waals surface area contributed by atoms with Gasteiger partial charge in [-0.05, 0) is 64.7 Å². The highest BCUT2D eigenvalue weighted by Crippen LogP contribution is 2.21. The quantitative estimate of drug-likeness (QED) is 0.914. The van der Waals surface area contributed by atoms with Crippen molar-refractivity contribution in [3.8, 4) is 0 Å². The molecule has 2 aliphatic rings. The van der Waals surface area contributed by atoms with E-state index in [0.717, 1.165) is 37.1 Å². The van der Waals surface area contributed by atoms with Crippen LogP contribution in [0.25, 0.3) is 0 Å². The van der Waals surface area contributed by atoms with Gasteiger partial charge in [-0.2, -0.15) is 0 Å². The predicted molar refractivity (Wildman–Crippen MR) is 84.9 cm³/mol. The minimum Gasteiger partial charge on any atom is -0.384 e. The first-order valence-electron chi connectivity index (χ1n) is 8.24. The summed E-state index contributed by atoms with van der Waals surface area (Å²) in [6, 6.07) is 1.83. The predicted octanol–water partition coefficient (Wildman–Crippen LogP) is 1.68. The Morgan fingerprint density at radius 1 is 1.10 bits per heavy atom. The molecule has 0 atom stereocenters. The maximum absolute atomic E-state index is 5.80. The lowest BCUT2D eigenvalue weighted by Crippen LogP contribution is -2.38. The first-order valence-corrected chi connectivity index (χ1v) is 8.24. The summed E-state index contributed by atoms with van der Waals surface area (Å²) in [7, 11) is 0. The molecule has 0 spiro atoms. The maximum Gasteiger partial charge on any atom is 0.144 e. The summed E-state index contributed by atoms with van der Waals surface area (Å²) in [6.07, 6.45) is 5.39. The minimum atomic E-state index is 0.585. The van der Waals surface area contributed by atoms with Crippen molar-refractivity contribution in [2.75, 3.05) is 38.5 Å². The van der Waals surface area contributed by atoms with Crippen molar-refractivity contribution in [1.29, 1.82) is 0 Å². The van der Waals surface area contributed by atoms with E-state index in [1.54, 1.807) is 0 Å². The Labute approximate surface area is 127 Å². The zero-order chi connectivity index (χ0) is 14.7. The highest BCUT2D eigenvalue weighted by atomic mass is 15.2. The fourth-order valence-electron chi connectivity index (χ4n) is 3.58. The summed E-state index contributed by atoms with van der Waals surface area (Å²) in [5, 5.41) is 0. The summed E-state index contributed by atoms with van der Waals surface area (Å²) >= 11 is 0. The van der Waals surface area contributed by atoms with Crippen molar-refractivity contribution < 1.29 is 0 Å². The smallest absolute Gasteiger partial charge is 0.144 e. The molecule has 5 heteroatoms. The maximum atomic E-state index is 5.80. The fraction of sp³-hybridized carbons (Fsp3) is 0.750. The molecule has 0 bridgehead atoms. The van der Waals surface area contributed by atoms with Gasteiger partial charge in [0.05, 0.1) is 6.54 Å². The van der Waals surface area contributed by atoms with Crippen molar-refractivity contribution in [2.24, 2.45) is 5.92 Å². The van der Waals surface area contributed by atoms with Crippen molar-refractivity contribution in [2.45, 2.75) is 39.2 Å². The Balaban J connectivity index is 1.46. The van der Waals surface area contributed by atoms with Gasteiger partial charge < -0.3 is 10.6 Å². The van der Waals surface area contributed by atoms with Crippen LogP contribution in [-0.2, 0) is 6.54 Å². The lowest BCUT2D eigenvalue weighted by molar-refractivity contribution is 0.146. The van der Waals surface area contributed by atoms with Gasteiger partial charge in [0, 0.05) is 18.3 Å². The van der Waals surface area contributed by atoms with Crippen LogP contribution in [-0.4, -0.2) is 52.5 Å². The standard InChI is InChI=1S/C16H27N5/c1-13-10-15(17)19-16(18-13)12-21-8-4-14(5-9-21)11-20-6-2-3-7-20/h10,14H,2-9,11-12H2,1H3,(H2,17,18,19). The molecule has 1 aromatic rings. The highest BCUT2D eigenvalue weighted by Gasteiger charge is 2.23. The second-order valence-corrected chi connectivity index (χ2v) is 6.58. The number of nitrogen functional groups attached to an aromatic ring is 1. The average Bonchev–Trinajstić information content (AvgIpc) is 2.93. The number of nitrogens with two attached hydrogens (primary N) is 1. The molecule has 2 saturated heterocycles. The van der Waals surface area contributed by atoms with Crippen LogP contribution in [0.1, 0.15) is 37.2 Å². The number of likely N-dealkylation sites (tertiary alicyclic amines) is 2. The van der Waals surface area contributed by atoms with Crippen LogP contribution < -0.4 is 5.73 Å². The zero-order valence-electron chi connectivity index (χ0n) is 13.1. The van der Waals surface area contributed by atoms with Gasteiger partial charge in [-0.1, -0.05) is 0 Å². The summed E-state index contributed by atoms with van der Waals surface area (Å²) in [5.41, 5.74) is 6.76. The molecule has 1 aromatic heterocycles. The second-order valence-electron chi connectivity index (χ2n) is 6.58. The van der Waals surface area contributed by atoms with Gasteiger partial charge in [-0.25, -0.2) is 9.97 Å². The third-order valence-electron chi connectivity index (χ3n) is 4.71. The van der Waals surface area contributed by atoms with E-state index in [-0.39, 0.29) is 0 Å². The average molecular weight is 289 g/mol. The lowest BCUT2D eigenvalue weighted by atomic mass is 9.96. The second kappa shape index (κ2) is 6.71. The van der Waals surface area contributed by atoms with Crippen molar-refractivity contribution in [3.63, 3.8) is 0 Å². The molecule has 0 radical (unpaired) electrons. The Morgan fingerprint density at radius 3 is 2.48 bits per heavy atom. The molecule has 3 heterocycles. The Morgan fingerprint density at radius 2 is 1.81 bits per heavy atom. The first kappa shape index (κ1) is 14.7. The molecule has 3 rings (SSSR count). The van der Waals surface area contributed by atoms with E-state index in [1.807, 2.05) is 13.0 Å². The SMILES string of the molecule is Cc1cc(N)nc(CN2CCC(CN3CCCC3)CC2)n1. The fourth-order valence-corrected chi connectivity index (χ4v) is 3.58. The van der Waals surface area contributed by atoms with Crippen molar-refractivity contribution in [1.82, 2.24) is 19.8 Å². The molecule has 0 unspecified atom stereocenters. The molecule has 2 N–H and O–H groups in total. The number of rotatable bonds is 4. The third-order valence-corrected chi connectivity index (χ3v) is 4.71. The summed E-state index contributed by atoms with van der Waals surface area (Å²) in [5.74, 6) is 2.33. The van der Waals surface area contributed by atoms with Gasteiger partial charge in [0.25, 0.3) is 0 Å². The van der Waals surface area contributed by atoms with Gasteiger partial charge in [-0.15, -0.1) is 0 Å². The zero-order valence-corrected chi connectivity index (χ0v) is 13.1. The Bertz CT molecular complexity index is 441. The number of hydrogen-bond donors (Lipinski definition) is 1. The molecule has 5 nitrogen and oxygen atoms in total. The van der Waals surface area contributed by atoms with Crippen molar-refractivity contribution >= 4 is 5.82 Å². The molecule has 2 fully saturated rings. The lowest BCUT2D eigenvalue weighted by Gasteiger charge is -2.33. The molecule has 0 aliphatic carbocycles. The van der Waals surface area contributed by atoms with Crippen LogP contribution in [0, 0.1) is 12.8 Å². The van der Waals surface area contributed by atoms with Gasteiger partial charge in [0.15, 0.2) is 0 Å². The summed E-state index contributed by atoms with van der Waals surface area (Å²) in [4.78, 5) is 13.9. The van der Waals surface area contributed by atoms with E-state index < -0.39 is 0 Å². The number of hydrogen-bond acceptors (Lipinski definition) is 5. The number of aryl methyl sites for hydroxylation is 1. The van der Waals surface area contributed by atoms with Gasteiger partial charge >= 0.3 is 0 Å². The van der Waals surface area contributed by atoms with Gasteiger partial charge in [0.2, 0.25) is 0 Å². The Hall–Kier alpha value is -1.20. The van der Waals surface area contributed by atoms with Crippen LogP contribution in [0.3, 0.4) is 0 Å². The first-order chi connectivity index (χ1) is 10.2.